The van der Waals surface area contributed by atoms with E-state index >= 15 is 0 Å². The summed E-state index contributed by atoms with van der Waals surface area (Å²) in [5.74, 6) is 4.51. The van der Waals surface area contributed by atoms with Crippen molar-refractivity contribution >= 4 is 33.8 Å². The summed E-state index contributed by atoms with van der Waals surface area (Å²) in [5, 5.41) is 18.2. The molecule has 46 heavy (non-hydrogen) atoms. The average molecular weight is 654 g/mol. The molecule has 2 heterocycles. The Hall–Kier alpha value is -4.34. The first-order chi connectivity index (χ1) is 21.5. The van der Waals surface area contributed by atoms with Crippen molar-refractivity contribution in [2.75, 3.05) is 11.0 Å². The first-order valence-corrected chi connectivity index (χ1v) is 16.3. The lowest BCUT2D eigenvalue weighted by Gasteiger charge is -2.25. The van der Waals surface area contributed by atoms with E-state index in [1.165, 1.54) is 18.4 Å². The Kier molecular flexibility index (Phi) is 11.7. The Morgan fingerprint density at radius 2 is 1.72 bits per heavy atom. The fourth-order valence-electron chi connectivity index (χ4n) is 4.65. The summed E-state index contributed by atoms with van der Waals surface area (Å²) in [6.45, 7) is 12.2. The highest BCUT2D eigenvalue weighted by atomic mass is 32.2. The number of para-hydroxylation sites is 1. The maximum Gasteiger partial charge on any atom is 0.408 e. The fraction of sp³-hybridized carbons (Fsp3) is 0.382. The number of benzene rings is 2. The van der Waals surface area contributed by atoms with Crippen molar-refractivity contribution in [1.82, 2.24) is 20.1 Å². The third kappa shape index (κ3) is 9.83. The van der Waals surface area contributed by atoms with Gasteiger partial charge in [0.1, 0.15) is 39.5 Å². The van der Waals surface area contributed by atoms with Crippen LogP contribution in [0.5, 0.6) is 0 Å². The number of hydrogen-bond donors (Lipinski definition) is 3. The van der Waals surface area contributed by atoms with Crippen molar-refractivity contribution in [3.8, 4) is 23.0 Å². The summed E-state index contributed by atoms with van der Waals surface area (Å²) in [6, 6.07) is 11.2. The summed E-state index contributed by atoms with van der Waals surface area (Å²) in [7, 11) is 0.374. The van der Waals surface area contributed by atoms with Crippen LogP contribution in [0.3, 0.4) is 0 Å². The van der Waals surface area contributed by atoms with Crippen LogP contribution < -0.4 is 10.0 Å². The Morgan fingerprint density at radius 3 is 2.30 bits per heavy atom. The molecule has 246 valence electrons. The Bertz CT molecular complexity index is 1780. The number of pyridine rings is 1. The van der Waals surface area contributed by atoms with Crippen molar-refractivity contribution < 1.29 is 27.6 Å². The minimum atomic E-state index is -1.37. The van der Waals surface area contributed by atoms with Crippen molar-refractivity contribution in [2.24, 2.45) is 7.05 Å². The molecule has 1 amide bonds. The number of aryl methyl sites for hydroxylation is 1. The minimum Gasteiger partial charge on any atom is -0.444 e. The molecule has 0 spiro atoms. The first kappa shape index (κ1) is 36.1. The molecule has 0 aliphatic heterocycles. The number of aliphatic hydroxyl groups is 1. The molecule has 0 saturated heterocycles. The van der Waals surface area contributed by atoms with E-state index < -0.39 is 46.0 Å². The number of halogens is 2. The predicted molar refractivity (Wildman–Crippen MR) is 178 cm³/mol. The second-order valence-electron chi connectivity index (χ2n) is 11.8. The zero-order valence-corrected chi connectivity index (χ0v) is 28.4. The molecular weight excluding hydrogens is 612 g/mol. The Morgan fingerprint density at radius 1 is 1.07 bits per heavy atom. The van der Waals surface area contributed by atoms with E-state index in [4.69, 9.17) is 9.72 Å². The lowest BCUT2D eigenvalue weighted by molar-refractivity contribution is 0.0502. The predicted octanol–water partition coefficient (Wildman–Crippen LogP) is 6.58. The van der Waals surface area contributed by atoms with Gasteiger partial charge in [-0.15, -0.1) is 0 Å². The van der Waals surface area contributed by atoms with Gasteiger partial charge in [0.15, 0.2) is 5.82 Å². The number of fused-ring (bicyclic) bond motifs is 1. The molecule has 2 aromatic heterocycles. The lowest BCUT2D eigenvalue weighted by atomic mass is 9.94. The van der Waals surface area contributed by atoms with E-state index in [0.717, 1.165) is 6.07 Å². The smallest absolute Gasteiger partial charge is 0.408 e. The van der Waals surface area contributed by atoms with Crippen LogP contribution >= 0.6 is 0 Å². The van der Waals surface area contributed by atoms with Gasteiger partial charge in [-0.2, -0.15) is 5.10 Å². The van der Waals surface area contributed by atoms with Crippen LogP contribution in [0.4, 0.5) is 19.4 Å². The van der Waals surface area contributed by atoms with E-state index in [0.29, 0.717) is 39.2 Å². The number of nitrogens with one attached hydrogen (secondary N) is 2. The molecule has 0 aliphatic carbocycles. The molecule has 2 aromatic carbocycles. The van der Waals surface area contributed by atoms with Gasteiger partial charge in [0.2, 0.25) is 0 Å². The van der Waals surface area contributed by atoms with Crippen molar-refractivity contribution in [3.63, 3.8) is 0 Å². The maximum atomic E-state index is 14.3. The van der Waals surface area contributed by atoms with Gasteiger partial charge >= 0.3 is 6.09 Å². The van der Waals surface area contributed by atoms with Crippen molar-refractivity contribution in [2.45, 2.75) is 72.1 Å². The van der Waals surface area contributed by atoms with Crippen molar-refractivity contribution in [1.29, 1.82) is 0 Å². The van der Waals surface area contributed by atoms with E-state index in [9.17, 15) is 22.9 Å². The molecule has 0 radical (unpaired) electrons. The summed E-state index contributed by atoms with van der Waals surface area (Å²) in [5.41, 5.74) is 0.744. The monoisotopic (exact) mass is 653 g/mol. The van der Waals surface area contributed by atoms with Gasteiger partial charge in [0.25, 0.3) is 0 Å². The van der Waals surface area contributed by atoms with Crippen LogP contribution in [0.15, 0.2) is 48.5 Å². The topological polar surface area (TPSA) is 118 Å². The normalized spacial score (nSPS) is 12.7. The Labute approximate surface area is 271 Å². The summed E-state index contributed by atoms with van der Waals surface area (Å²) < 4.78 is 50.5. The van der Waals surface area contributed by atoms with Gasteiger partial charge in [0, 0.05) is 35.9 Å². The van der Waals surface area contributed by atoms with Gasteiger partial charge in [-0.05, 0) is 82.9 Å². The molecule has 0 saturated carbocycles. The maximum absolute atomic E-state index is 14.3. The number of hydrogen-bond acceptors (Lipinski definition) is 6. The molecule has 0 fully saturated rings. The zero-order valence-electron chi connectivity index (χ0n) is 27.6. The molecule has 2 atom stereocenters. The van der Waals surface area contributed by atoms with E-state index in [-0.39, 0.29) is 12.0 Å². The number of carbonyl (C=O) groups is 1. The van der Waals surface area contributed by atoms with Crippen LogP contribution in [0.1, 0.15) is 71.5 Å². The Balaban J connectivity index is 0.00000282. The highest BCUT2D eigenvalue weighted by Gasteiger charge is 2.27. The number of amides is 1. The molecule has 4 aromatic rings. The van der Waals surface area contributed by atoms with Gasteiger partial charge in [-0.3, -0.25) is 9.40 Å². The standard InChI is InChI=1S/C32H35F2N5O4S.C2H6/c1-31(2,3)43-30(40)36-26(17-19-15-20(33)18-21(34)16-19)27-23(12-11-22(35-27)13-14-32(4,5)41)24-9-8-10-25-28(24)39(6)37-29(25)38-44(7)42;1-2/h8-12,15-16,18,26,41H,17H2,1-7H3,(H,36,40)(H,37,38);1-2H3. The number of rotatable bonds is 7. The van der Waals surface area contributed by atoms with E-state index in [1.54, 1.807) is 58.5 Å². The number of aromatic nitrogens is 3. The number of ether oxygens (including phenoxy) is 1. The van der Waals surface area contributed by atoms with E-state index in [1.807, 2.05) is 32.0 Å². The number of carbonyl (C=O) groups excluding carboxylic acids is 1. The van der Waals surface area contributed by atoms with Crippen LogP contribution in [0.2, 0.25) is 0 Å². The molecule has 0 bridgehead atoms. The summed E-state index contributed by atoms with van der Waals surface area (Å²) >= 11 is 0. The van der Waals surface area contributed by atoms with Gasteiger partial charge in [-0.25, -0.2) is 22.8 Å². The highest BCUT2D eigenvalue weighted by Crippen LogP contribution is 2.36. The SMILES string of the molecule is CC.Cn1nc(NS(C)=O)c2cccc(-c3ccc(C#CC(C)(C)O)nc3C(Cc3cc(F)cc(F)c3)NC(=O)OC(C)(C)C)c21. The second-order valence-corrected chi connectivity index (χ2v) is 13.0. The summed E-state index contributed by atoms with van der Waals surface area (Å²) in [4.78, 5) is 17.9. The number of alkyl carbamates (subject to hydrolysis) is 1. The summed E-state index contributed by atoms with van der Waals surface area (Å²) in [6.07, 6.45) is 0.706. The largest absolute Gasteiger partial charge is 0.444 e. The number of anilines is 1. The van der Waals surface area contributed by atoms with Crippen LogP contribution in [0, 0.1) is 23.5 Å². The quantitative estimate of drug-likeness (QED) is 0.194. The van der Waals surface area contributed by atoms with Crippen LogP contribution in [-0.4, -0.2) is 47.6 Å². The molecular formula is C34H41F2N5O4S. The van der Waals surface area contributed by atoms with Crippen molar-refractivity contribution in [3.05, 3.63) is 77.1 Å². The molecule has 9 nitrogen and oxygen atoms in total. The number of nitrogens with zero attached hydrogens (tertiary/aromatic N) is 3. The third-order valence-corrected chi connectivity index (χ3v) is 6.68. The van der Waals surface area contributed by atoms with E-state index in [2.05, 4.69) is 27.0 Å². The lowest BCUT2D eigenvalue weighted by Crippen LogP contribution is -2.36. The second kappa shape index (κ2) is 14.8. The average Bonchev–Trinajstić information content (AvgIpc) is 3.25. The molecule has 2 unspecified atom stereocenters. The fourth-order valence-corrected chi connectivity index (χ4v) is 5.07. The molecule has 4 rings (SSSR count). The molecule has 0 aliphatic rings. The van der Waals surface area contributed by atoms with Gasteiger partial charge in [-0.1, -0.05) is 31.9 Å². The molecule has 3 N–H and O–H groups in total. The zero-order chi connectivity index (χ0) is 34.4. The van der Waals surface area contributed by atoms with Crippen LogP contribution in [-0.2, 0) is 29.2 Å². The molecule has 12 heteroatoms. The minimum absolute atomic E-state index is 0.0424. The van der Waals surface area contributed by atoms with Crippen LogP contribution in [0.25, 0.3) is 22.0 Å². The first-order valence-electron chi connectivity index (χ1n) is 14.8. The van der Waals surface area contributed by atoms with Gasteiger partial charge in [0.05, 0.1) is 17.3 Å². The third-order valence-electron chi connectivity index (χ3n) is 6.20. The van der Waals surface area contributed by atoms with Gasteiger partial charge < -0.3 is 15.2 Å². The highest BCUT2D eigenvalue weighted by molar-refractivity contribution is 7.85.